The molecule has 3 unspecified atom stereocenters. The van der Waals surface area contributed by atoms with E-state index in [0.29, 0.717) is 0 Å². The first kappa shape index (κ1) is 28.5. The molecule has 0 N–H and O–H groups in total. The summed E-state index contributed by atoms with van der Waals surface area (Å²) in [5.74, 6) is -1.51. The first-order chi connectivity index (χ1) is 16.4. The lowest BCUT2D eigenvalue weighted by atomic mass is 9.87. The van der Waals surface area contributed by atoms with Crippen molar-refractivity contribution in [3.63, 3.8) is 0 Å². The standard InChI is InChI=1S/C24H39O6PS3/c25-22(19(32)16-10-4-1-5-11-16)28-31(29-23(26)20(33)17-12-6-2-7-13-17)30-24(27)21(34)18-14-8-3-9-15-18/h16-21,32-34H,1-15H2. The summed E-state index contributed by atoms with van der Waals surface area (Å²) in [6.45, 7) is 0. The van der Waals surface area contributed by atoms with Gasteiger partial charge in [-0.05, 0) is 56.3 Å². The van der Waals surface area contributed by atoms with Gasteiger partial charge in [-0.3, -0.25) is 14.4 Å². The van der Waals surface area contributed by atoms with Gasteiger partial charge in [0.15, 0.2) is 0 Å². The largest absolute Gasteiger partial charge is 0.537 e. The predicted molar refractivity (Wildman–Crippen MR) is 143 cm³/mol. The maximum absolute atomic E-state index is 12.9. The second kappa shape index (κ2) is 14.6. The summed E-state index contributed by atoms with van der Waals surface area (Å²) in [7, 11) is -2.53. The van der Waals surface area contributed by atoms with Crippen molar-refractivity contribution in [2.75, 3.05) is 0 Å². The van der Waals surface area contributed by atoms with Gasteiger partial charge in [-0.1, -0.05) is 57.8 Å². The Morgan fingerprint density at radius 2 is 0.735 bits per heavy atom. The van der Waals surface area contributed by atoms with Gasteiger partial charge in [0.05, 0.1) is 0 Å². The summed E-state index contributed by atoms with van der Waals surface area (Å²) in [6.07, 6.45) is 15.2. The summed E-state index contributed by atoms with van der Waals surface area (Å²) in [6, 6.07) is 0. The number of carbonyl (C=O) groups excluding carboxylic acids is 3. The number of rotatable bonds is 9. The van der Waals surface area contributed by atoms with Crippen LogP contribution in [0.3, 0.4) is 0 Å². The molecule has 0 saturated heterocycles. The van der Waals surface area contributed by atoms with E-state index < -0.39 is 42.3 Å². The summed E-state index contributed by atoms with van der Waals surface area (Å²) in [5, 5.41) is -1.92. The molecule has 0 aromatic heterocycles. The zero-order valence-electron chi connectivity index (χ0n) is 19.8. The second-order valence-corrected chi connectivity index (χ2v) is 12.6. The average molecular weight is 551 g/mol. The van der Waals surface area contributed by atoms with E-state index in [-0.39, 0.29) is 17.8 Å². The minimum atomic E-state index is -2.53. The fourth-order valence-corrected chi connectivity index (χ4v) is 7.56. The zero-order chi connectivity index (χ0) is 24.5. The molecule has 10 heteroatoms. The van der Waals surface area contributed by atoms with Gasteiger partial charge < -0.3 is 13.6 Å². The summed E-state index contributed by atoms with van der Waals surface area (Å²) in [4.78, 5) is 38.6. The van der Waals surface area contributed by atoms with Crippen LogP contribution in [0.4, 0.5) is 0 Å². The van der Waals surface area contributed by atoms with Gasteiger partial charge in [0, 0.05) is 0 Å². The Hall–Kier alpha value is -0.110. The van der Waals surface area contributed by atoms with Gasteiger partial charge in [-0.25, -0.2) is 0 Å². The zero-order valence-corrected chi connectivity index (χ0v) is 23.4. The van der Waals surface area contributed by atoms with Crippen molar-refractivity contribution < 1.29 is 28.0 Å². The minimum absolute atomic E-state index is 0.104. The third-order valence-corrected chi connectivity index (χ3v) is 10.4. The monoisotopic (exact) mass is 550 g/mol. The summed E-state index contributed by atoms with van der Waals surface area (Å²) in [5.41, 5.74) is 0. The van der Waals surface area contributed by atoms with Crippen molar-refractivity contribution in [3.8, 4) is 0 Å². The molecule has 0 aromatic carbocycles. The summed E-state index contributed by atoms with van der Waals surface area (Å²) < 4.78 is 16.4. The Kier molecular flexibility index (Phi) is 12.2. The molecule has 3 aliphatic rings. The molecule has 6 nitrogen and oxygen atoms in total. The van der Waals surface area contributed by atoms with Gasteiger partial charge >= 0.3 is 26.5 Å². The molecule has 3 saturated carbocycles. The SMILES string of the molecule is O=C(OP(OC(=O)C(S)C1CCCCC1)OC(=O)C(S)C1CCCCC1)C(S)C1CCCCC1. The summed E-state index contributed by atoms with van der Waals surface area (Å²) >= 11 is 13.5. The predicted octanol–water partition coefficient (Wildman–Crippen LogP) is 6.48. The van der Waals surface area contributed by atoms with Gasteiger partial charge in [-0.15, -0.1) is 0 Å². The molecule has 34 heavy (non-hydrogen) atoms. The van der Waals surface area contributed by atoms with E-state index >= 15 is 0 Å². The molecule has 3 aliphatic carbocycles. The fourth-order valence-electron chi connectivity index (χ4n) is 5.37. The van der Waals surface area contributed by atoms with Crippen LogP contribution in [0.1, 0.15) is 96.3 Å². The molecule has 0 heterocycles. The highest BCUT2D eigenvalue weighted by Gasteiger charge is 2.39. The van der Waals surface area contributed by atoms with Crippen molar-refractivity contribution >= 4 is 64.4 Å². The maximum atomic E-state index is 12.9. The van der Waals surface area contributed by atoms with Crippen molar-refractivity contribution in [3.05, 3.63) is 0 Å². The second-order valence-electron chi connectivity index (χ2n) is 9.98. The highest BCUT2D eigenvalue weighted by Crippen LogP contribution is 2.45. The number of hydrogen-bond acceptors (Lipinski definition) is 9. The van der Waals surface area contributed by atoms with Crippen molar-refractivity contribution in [1.29, 1.82) is 0 Å². The third-order valence-electron chi connectivity index (χ3n) is 7.51. The molecule has 3 atom stereocenters. The van der Waals surface area contributed by atoms with E-state index in [1.165, 1.54) is 0 Å². The molecule has 0 amide bonds. The van der Waals surface area contributed by atoms with Crippen LogP contribution in [0.15, 0.2) is 0 Å². The quantitative estimate of drug-likeness (QED) is 0.225. The Labute approximate surface area is 221 Å². The van der Waals surface area contributed by atoms with Crippen LogP contribution >= 0.6 is 46.5 Å². The lowest BCUT2D eigenvalue weighted by Crippen LogP contribution is -2.31. The van der Waals surface area contributed by atoms with Gasteiger partial charge in [0.25, 0.3) is 0 Å². The Morgan fingerprint density at radius 3 is 0.971 bits per heavy atom. The first-order valence-electron chi connectivity index (χ1n) is 12.9. The van der Waals surface area contributed by atoms with Crippen LogP contribution in [0, 0.1) is 17.8 Å². The number of thiol groups is 3. The normalized spacial score (nSPS) is 24.4. The van der Waals surface area contributed by atoms with Crippen LogP contribution in [0.25, 0.3) is 0 Å². The van der Waals surface area contributed by atoms with Gasteiger partial charge in [0.1, 0.15) is 15.7 Å². The average Bonchev–Trinajstić information content (AvgIpc) is 2.88. The Bertz CT molecular complexity index is 587. The fraction of sp³-hybridized carbons (Fsp3) is 0.875. The van der Waals surface area contributed by atoms with E-state index in [1.54, 1.807) is 0 Å². The molecular weight excluding hydrogens is 511 g/mol. The molecule has 0 radical (unpaired) electrons. The lowest BCUT2D eigenvalue weighted by Gasteiger charge is -2.29. The van der Waals surface area contributed by atoms with Crippen LogP contribution in [-0.4, -0.2) is 33.7 Å². The Balaban J connectivity index is 1.63. The van der Waals surface area contributed by atoms with E-state index in [1.807, 2.05) is 0 Å². The maximum Gasteiger partial charge on any atom is 0.537 e. The molecule has 0 spiro atoms. The molecule has 3 fully saturated rings. The van der Waals surface area contributed by atoms with Crippen molar-refractivity contribution in [2.24, 2.45) is 17.8 Å². The smallest absolute Gasteiger partial charge is 0.374 e. The van der Waals surface area contributed by atoms with Crippen molar-refractivity contribution in [2.45, 2.75) is 112 Å². The van der Waals surface area contributed by atoms with E-state index in [9.17, 15) is 14.4 Å². The molecule has 0 bridgehead atoms. The Morgan fingerprint density at radius 1 is 0.500 bits per heavy atom. The molecule has 3 rings (SSSR count). The lowest BCUT2D eigenvalue weighted by molar-refractivity contribution is -0.143. The van der Waals surface area contributed by atoms with E-state index in [0.717, 1.165) is 96.3 Å². The first-order valence-corrected chi connectivity index (χ1v) is 15.5. The molecule has 0 aliphatic heterocycles. The van der Waals surface area contributed by atoms with Crippen LogP contribution in [0.5, 0.6) is 0 Å². The number of carbonyl (C=O) groups is 3. The third kappa shape index (κ3) is 8.48. The van der Waals surface area contributed by atoms with Crippen LogP contribution in [0.2, 0.25) is 0 Å². The van der Waals surface area contributed by atoms with Crippen LogP contribution in [-0.2, 0) is 28.0 Å². The topological polar surface area (TPSA) is 78.9 Å². The van der Waals surface area contributed by atoms with Gasteiger partial charge in [0.2, 0.25) is 0 Å². The minimum Gasteiger partial charge on any atom is -0.374 e. The van der Waals surface area contributed by atoms with E-state index in [2.05, 4.69) is 37.9 Å². The molecule has 194 valence electrons. The van der Waals surface area contributed by atoms with Crippen LogP contribution < -0.4 is 0 Å². The number of hydrogen-bond donors (Lipinski definition) is 3. The van der Waals surface area contributed by atoms with Crippen molar-refractivity contribution in [1.82, 2.24) is 0 Å². The molecular formula is C24H39O6PS3. The van der Waals surface area contributed by atoms with Gasteiger partial charge in [-0.2, -0.15) is 37.9 Å². The highest BCUT2D eigenvalue weighted by molar-refractivity contribution is 7.82. The van der Waals surface area contributed by atoms with E-state index in [4.69, 9.17) is 13.6 Å². The molecule has 0 aromatic rings. The highest BCUT2D eigenvalue weighted by atomic mass is 32.1.